The number of nitrogens with zero attached hydrogens (tertiary/aromatic N) is 1. The molecule has 60 valence electrons. The second-order valence-corrected chi connectivity index (χ2v) is 2.89. The van der Waals surface area contributed by atoms with Crippen LogP contribution in [0.3, 0.4) is 0 Å². The number of amides is 1. The van der Waals surface area contributed by atoms with Crippen molar-refractivity contribution in [2.45, 2.75) is 26.4 Å². The van der Waals surface area contributed by atoms with Crippen LogP contribution in [0.2, 0.25) is 0 Å². The summed E-state index contributed by atoms with van der Waals surface area (Å²) in [5.74, 6) is 9.76. The van der Waals surface area contributed by atoms with Crippen molar-refractivity contribution in [3.63, 3.8) is 0 Å². The number of carbonyl (C=O) groups is 1. The highest BCUT2D eigenvalue weighted by molar-refractivity contribution is 5.66. The fourth-order valence-electron chi connectivity index (χ4n) is 0.315. The zero-order chi connectivity index (χ0) is 8.36. The molecule has 0 aliphatic carbocycles. The minimum atomic E-state index is -0.743. The Bertz CT molecular complexity index is 127. The molecule has 0 bridgehead atoms. The van der Waals surface area contributed by atoms with E-state index >= 15 is 0 Å². The number of hydrogen-bond acceptors (Lipinski definition) is 4. The molecule has 0 radical (unpaired) electrons. The van der Waals surface area contributed by atoms with Gasteiger partial charge in [0, 0.05) is 0 Å². The highest BCUT2D eigenvalue weighted by Crippen LogP contribution is 2.06. The van der Waals surface area contributed by atoms with Crippen LogP contribution < -0.4 is 11.7 Å². The molecule has 0 fully saturated rings. The summed E-state index contributed by atoms with van der Waals surface area (Å²) in [6.07, 6.45) is -0.743. The third-order valence-corrected chi connectivity index (χ3v) is 0.604. The Hall–Kier alpha value is -0.810. The minimum Gasteiger partial charge on any atom is -0.442 e. The van der Waals surface area contributed by atoms with Crippen molar-refractivity contribution in [3.05, 3.63) is 0 Å². The van der Waals surface area contributed by atoms with Crippen molar-refractivity contribution in [1.82, 2.24) is 5.12 Å². The van der Waals surface area contributed by atoms with Crippen LogP contribution in [0.4, 0.5) is 4.79 Å². The smallest absolute Gasteiger partial charge is 0.439 e. The molecule has 0 rings (SSSR count). The Morgan fingerprint density at radius 2 is 1.80 bits per heavy atom. The number of carbonyl (C=O) groups excluding carboxylic acids is 1. The van der Waals surface area contributed by atoms with Crippen LogP contribution in [0.1, 0.15) is 20.8 Å². The lowest BCUT2D eigenvalue weighted by atomic mass is 10.2. The lowest BCUT2D eigenvalue weighted by Crippen LogP contribution is -2.46. The van der Waals surface area contributed by atoms with Crippen molar-refractivity contribution in [3.8, 4) is 0 Å². The van der Waals surface area contributed by atoms with Gasteiger partial charge < -0.3 is 4.74 Å². The van der Waals surface area contributed by atoms with E-state index in [9.17, 15) is 4.79 Å². The van der Waals surface area contributed by atoms with Gasteiger partial charge in [0.1, 0.15) is 5.60 Å². The third kappa shape index (κ3) is 4.11. The fourth-order valence-corrected chi connectivity index (χ4v) is 0.315. The average Bonchev–Trinajstić information content (AvgIpc) is 1.60. The molecule has 0 saturated heterocycles. The van der Waals surface area contributed by atoms with Crippen LogP contribution in [0, 0.1) is 0 Å². The van der Waals surface area contributed by atoms with E-state index in [1.807, 2.05) is 0 Å². The maximum absolute atomic E-state index is 10.6. The van der Waals surface area contributed by atoms with Crippen molar-refractivity contribution in [2.24, 2.45) is 11.7 Å². The monoisotopic (exact) mass is 147 g/mol. The molecule has 0 aliphatic heterocycles. The van der Waals surface area contributed by atoms with E-state index in [2.05, 4.69) is 0 Å². The van der Waals surface area contributed by atoms with E-state index in [4.69, 9.17) is 16.4 Å². The lowest BCUT2D eigenvalue weighted by molar-refractivity contribution is 0.0246. The van der Waals surface area contributed by atoms with Gasteiger partial charge in [-0.15, -0.1) is 0 Å². The molecule has 5 nitrogen and oxygen atoms in total. The highest BCUT2D eigenvalue weighted by Gasteiger charge is 2.17. The van der Waals surface area contributed by atoms with Gasteiger partial charge >= 0.3 is 6.09 Å². The summed E-state index contributed by atoms with van der Waals surface area (Å²) in [7, 11) is 0. The second-order valence-electron chi connectivity index (χ2n) is 2.89. The molecule has 4 N–H and O–H groups in total. The number of nitrogens with two attached hydrogens (primary N) is 2. The molecule has 10 heavy (non-hydrogen) atoms. The van der Waals surface area contributed by atoms with Crippen molar-refractivity contribution >= 4 is 6.09 Å². The number of hydrazine groups is 2. The van der Waals surface area contributed by atoms with Crippen molar-refractivity contribution < 1.29 is 9.53 Å². The molecule has 0 aliphatic rings. The second kappa shape index (κ2) is 2.85. The molecule has 0 aromatic heterocycles. The summed E-state index contributed by atoms with van der Waals surface area (Å²) in [6.45, 7) is 5.19. The zero-order valence-electron chi connectivity index (χ0n) is 6.42. The van der Waals surface area contributed by atoms with E-state index in [0.717, 1.165) is 0 Å². The summed E-state index contributed by atoms with van der Waals surface area (Å²) in [5.41, 5.74) is -0.548. The molecular weight excluding hydrogens is 134 g/mol. The summed E-state index contributed by atoms with van der Waals surface area (Å²) in [4.78, 5) is 10.6. The van der Waals surface area contributed by atoms with Crippen LogP contribution in [-0.2, 0) is 4.74 Å². The predicted molar refractivity (Wildman–Crippen MR) is 36.4 cm³/mol. The average molecular weight is 147 g/mol. The molecule has 0 spiro atoms. The Labute approximate surface area is 59.9 Å². The predicted octanol–water partition coefficient (Wildman–Crippen LogP) is -0.0291. The lowest BCUT2D eigenvalue weighted by Gasteiger charge is -2.21. The molecule has 0 heterocycles. The maximum atomic E-state index is 10.6. The van der Waals surface area contributed by atoms with E-state index in [-0.39, 0.29) is 0 Å². The van der Waals surface area contributed by atoms with Gasteiger partial charge in [-0.1, -0.05) is 0 Å². The summed E-state index contributed by atoms with van der Waals surface area (Å²) in [6, 6.07) is 0. The van der Waals surface area contributed by atoms with Gasteiger partial charge in [0.15, 0.2) is 0 Å². The Kier molecular flexibility index (Phi) is 2.62. The first-order chi connectivity index (χ1) is 4.33. The number of ether oxygens (including phenoxy) is 1. The topological polar surface area (TPSA) is 81.6 Å². The van der Waals surface area contributed by atoms with E-state index < -0.39 is 11.7 Å². The summed E-state index contributed by atoms with van der Waals surface area (Å²) >= 11 is 0. The van der Waals surface area contributed by atoms with Crippen molar-refractivity contribution in [2.75, 3.05) is 0 Å². The van der Waals surface area contributed by atoms with Gasteiger partial charge in [0.2, 0.25) is 0 Å². The Morgan fingerprint density at radius 1 is 1.40 bits per heavy atom. The molecule has 0 saturated carbocycles. The van der Waals surface area contributed by atoms with E-state index in [0.29, 0.717) is 5.12 Å². The molecule has 0 unspecified atom stereocenters. The van der Waals surface area contributed by atoms with Crippen LogP contribution in [0.25, 0.3) is 0 Å². The van der Waals surface area contributed by atoms with Gasteiger partial charge in [0.25, 0.3) is 0 Å². The van der Waals surface area contributed by atoms with Gasteiger partial charge in [-0.25, -0.2) is 16.5 Å². The molecule has 0 aromatic carbocycles. The van der Waals surface area contributed by atoms with Crippen LogP contribution in [-0.4, -0.2) is 16.8 Å². The van der Waals surface area contributed by atoms with Crippen LogP contribution in [0.5, 0.6) is 0 Å². The summed E-state index contributed by atoms with van der Waals surface area (Å²) < 4.78 is 4.74. The normalized spacial score (nSPS) is 10.9. The van der Waals surface area contributed by atoms with Crippen molar-refractivity contribution in [1.29, 1.82) is 0 Å². The van der Waals surface area contributed by atoms with Crippen LogP contribution in [0.15, 0.2) is 0 Å². The Balaban J connectivity index is 3.81. The summed E-state index contributed by atoms with van der Waals surface area (Å²) in [5, 5.41) is 0.408. The van der Waals surface area contributed by atoms with Gasteiger partial charge in [-0.3, -0.25) is 0 Å². The SMILES string of the molecule is CC(C)(C)OC(=O)N(N)N. The number of hydrogen-bond donors (Lipinski definition) is 2. The highest BCUT2D eigenvalue weighted by atomic mass is 16.6. The quantitative estimate of drug-likeness (QED) is 0.286. The maximum Gasteiger partial charge on any atom is 0.439 e. The van der Waals surface area contributed by atoms with Gasteiger partial charge in [-0.2, -0.15) is 5.12 Å². The van der Waals surface area contributed by atoms with E-state index in [1.54, 1.807) is 20.8 Å². The molecule has 1 amide bonds. The fraction of sp³-hybridized carbons (Fsp3) is 0.800. The first kappa shape index (κ1) is 9.19. The first-order valence-corrected chi connectivity index (χ1v) is 2.85. The van der Waals surface area contributed by atoms with Gasteiger partial charge in [-0.05, 0) is 20.8 Å². The third-order valence-electron chi connectivity index (χ3n) is 0.604. The minimum absolute atomic E-state index is 0.408. The number of rotatable bonds is 0. The van der Waals surface area contributed by atoms with E-state index in [1.165, 1.54) is 0 Å². The molecule has 0 atom stereocenters. The standard InChI is InChI=1S/C5H13N3O2/c1-5(2,3)10-4(9)8(6)7/h6-7H2,1-3H3. The molecular formula is C5H13N3O2. The molecule has 0 aromatic rings. The zero-order valence-corrected chi connectivity index (χ0v) is 6.42. The van der Waals surface area contributed by atoms with Gasteiger partial charge in [0.05, 0.1) is 0 Å². The molecule has 5 heteroatoms. The largest absolute Gasteiger partial charge is 0.442 e. The first-order valence-electron chi connectivity index (χ1n) is 2.85. The Morgan fingerprint density at radius 3 is 1.90 bits per heavy atom. The van der Waals surface area contributed by atoms with Crippen LogP contribution >= 0.6 is 0 Å².